The van der Waals surface area contributed by atoms with E-state index in [0.717, 1.165) is 0 Å². The number of methoxy groups -OCH3 is 1. The molecule has 0 fully saturated rings. The summed E-state index contributed by atoms with van der Waals surface area (Å²) in [7, 11) is 1.54. The molecule has 15 heavy (non-hydrogen) atoms. The van der Waals surface area contributed by atoms with E-state index < -0.39 is 12.5 Å². The molecule has 0 bridgehead atoms. The van der Waals surface area contributed by atoms with Crippen LogP contribution in [0.25, 0.3) is 0 Å². The summed E-state index contributed by atoms with van der Waals surface area (Å²) in [4.78, 5) is 11.1. The van der Waals surface area contributed by atoms with Gasteiger partial charge < -0.3 is 15.4 Å². The van der Waals surface area contributed by atoms with Crippen molar-refractivity contribution in [3.05, 3.63) is 0 Å². The highest BCUT2D eigenvalue weighted by Gasteiger charge is 2.13. The Morgan fingerprint density at radius 1 is 1.40 bits per heavy atom. The highest BCUT2D eigenvalue weighted by atomic mass is 19.3. The molecule has 0 aromatic carbocycles. The first kappa shape index (κ1) is 14.2. The number of alkyl halides is 2. The number of hydrogen-bond acceptors (Lipinski definition) is 3. The molecule has 0 aliphatic heterocycles. The summed E-state index contributed by atoms with van der Waals surface area (Å²) in [6.07, 6.45) is -2.21. The predicted octanol–water partition coefficient (Wildman–Crippen LogP) is 0.382. The molecular formula is C9H18F2N2O2. The minimum Gasteiger partial charge on any atom is -0.383 e. The van der Waals surface area contributed by atoms with Crippen molar-refractivity contribution in [2.75, 3.05) is 26.8 Å². The lowest BCUT2D eigenvalue weighted by atomic mass is 10.3. The first-order valence-electron chi connectivity index (χ1n) is 4.85. The molecule has 0 spiro atoms. The Balaban J connectivity index is 3.38. The van der Waals surface area contributed by atoms with Gasteiger partial charge in [-0.1, -0.05) is 0 Å². The molecule has 90 valence electrons. The molecule has 0 aromatic rings. The normalized spacial score (nSPS) is 12.9. The van der Waals surface area contributed by atoms with Gasteiger partial charge in [0, 0.05) is 26.6 Å². The number of carbonyl (C=O) groups excluding carboxylic acids is 1. The second-order valence-electron chi connectivity index (χ2n) is 3.17. The summed E-state index contributed by atoms with van der Waals surface area (Å²) >= 11 is 0. The molecule has 1 atom stereocenters. The first-order chi connectivity index (χ1) is 7.07. The summed E-state index contributed by atoms with van der Waals surface area (Å²) in [5.41, 5.74) is 0. The first-order valence-corrected chi connectivity index (χ1v) is 4.85. The van der Waals surface area contributed by atoms with E-state index in [4.69, 9.17) is 4.74 Å². The summed E-state index contributed by atoms with van der Waals surface area (Å²) in [6, 6.07) is -0.878. The van der Waals surface area contributed by atoms with E-state index in [9.17, 15) is 13.6 Å². The molecule has 2 N–H and O–H groups in total. The zero-order chi connectivity index (χ0) is 11.7. The molecule has 0 heterocycles. The lowest BCUT2D eigenvalue weighted by Gasteiger charge is -2.12. The van der Waals surface area contributed by atoms with Crippen molar-refractivity contribution >= 4 is 5.91 Å². The van der Waals surface area contributed by atoms with Gasteiger partial charge in [0.2, 0.25) is 5.91 Å². The van der Waals surface area contributed by atoms with E-state index in [1.165, 1.54) is 14.0 Å². The summed E-state index contributed by atoms with van der Waals surface area (Å²) < 4.78 is 28.8. The number of hydrogen-bond donors (Lipinski definition) is 2. The Morgan fingerprint density at radius 2 is 2.07 bits per heavy atom. The van der Waals surface area contributed by atoms with Crippen LogP contribution in [0.4, 0.5) is 8.78 Å². The Labute approximate surface area is 88.4 Å². The average molecular weight is 224 g/mol. The quantitative estimate of drug-likeness (QED) is 0.586. The SMILES string of the molecule is COCCNC(=O)CCNC(C)C(F)F. The van der Waals surface area contributed by atoms with Gasteiger partial charge in [-0.2, -0.15) is 0 Å². The van der Waals surface area contributed by atoms with E-state index >= 15 is 0 Å². The van der Waals surface area contributed by atoms with Crippen molar-refractivity contribution in [1.29, 1.82) is 0 Å². The van der Waals surface area contributed by atoms with Crippen LogP contribution in [0.1, 0.15) is 13.3 Å². The number of ether oxygens (including phenoxy) is 1. The molecule has 0 aromatic heterocycles. The van der Waals surface area contributed by atoms with Crippen LogP contribution in [-0.2, 0) is 9.53 Å². The molecule has 1 unspecified atom stereocenters. The van der Waals surface area contributed by atoms with Crippen LogP contribution in [0.5, 0.6) is 0 Å². The van der Waals surface area contributed by atoms with Crippen LogP contribution in [0, 0.1) is 0 Å². The predicted molar refractivity (Wildman–Crippen MR) is 53.0 cm³/mol. The van der Waals surface area contributed by atoms with Crippen LogP contribution in [0.2, 0.25) is 0 Å². The Hall–Kier alpha value is -0.750. The van der Waals surface area contributed by atoms with Gasteiger partial charge in [0.05, 0.1) is 12.6 Å². The number of rotatable bonds is 8. The maximum absolute atomic E-state index is 12.0. The third kappa shape index (κ3) is 8.26. The van der Waals surface area contributed by atoms with Gasteiger partial charge >= 0.3 is 0 Å². The molecule has 0 rings (SSSR count). The van der Waals surface area contributed by atoms with Crippen molar-refractivity contribution in [3.8, 4) is 0 Å². The van der Waals surface area contributed by atoms with Gasteiger partial charge in [-0.15, -0.1) is 0 Å². The number of amides is 1. The minimum absolute atomic E-state index is 0.166. The molecule has 0 saturated heterocycles. The van der Waals surface area contributed by atoms with Crippen LogP contribution < -0.4 is 10.6 Å². The zero-order valence-electron chi connectivity index (χ0n) is 9.06. The van der Waals surface area contributed by atoms with Crippen molar-refractivity contribution in [2.45, 2.75) is 25.8 Å². The van der Waals surface area contributed by atoms with Crippen molar-refractivity contribution < 1.29 is 18.3 Å². The number of nitrogens with one attached hydrogen (secondary N) is 2. The summed E-state index contributed by atoms with van der Waals surface area (Å²) in [5.74, 6) is -0.166. The Bertz CT molecular complexity index is 179. The van der Waals surface area contributed by atoms with Crippen LogP contribution >= 0.6 is 0 Å². The third-order valence-electron chi connectivity index (χ3n) is 1.82. The van der Waals surface area contributed by atoms with Crippen LogP contribution in [0.15, 0.2) is 0 Å². The largest absolute Gasteiger partial charge is 0.383 e. The van der Waals surface area contributed by atoms with Crippen molar-refractivity contribution in [3.63, 3.8) is 0 Å². The topological polar surface area (TPSA) is 50.4 Å². The summed E-state index contributed by atoms with van der Waals surface area (Å²) in [5, 5.41) is 5.16. The van der Waals surface area contributed by atoms with Gasteiger partial charge in [-0.25, -0.2) is 8.78 Å². The lowest BCUT2D eigenvalue weighted by Crippen LogP contribution is -2.36. The van der Waals surface area contributed by atoms with Crippen molar-refractivity contribution in [2.24, 2.45) is 0 Å². The fourth-order valence-corrected chi connectivity index (χ4v) is 0.883. The molecule has 0 radical (unpaired) electrons. The highest BCUT2D eigenvalue weighted by Crippen LogP contribution is 1.98. The molecule has 0 saturated carbocycles. The second kappa shape index (κ2) is 8.55. The monoisotopic (exact) mass is 224 g/mol. The Morgan fingerprint density at radius 3 is 2.60 bits per heavy atom. The third-order valence-corrected chi connectivity index (χ3v) is 1.82. The van der Waals surface area contributed by atoms with E-state index in [0.29, 0.717) is 13.2 Å². The van der Waals surface area contributed by atoms with Gasteiger partial charge in [0.25, 0.3) is 6.43 Å². The van der Waals surface area contributed by atoms with E-state index in [1.54, 1.807) is 0 Å². The van der Waals surface area contributed by atoms with Gasteiger partial charge in [-0.3, -0.25) is 4.79 Å². The minimum atomic E-state index is -2.40. The molecular weight excluding hydrogens is 206 g/mol. The molecule has 4 nitrogen and oxygen atoms in total. The maximum Gasteiger partial charge on any atom is 0.253 e. The lowest BCUT2D eigenvalue weighted by molar-refractivity contribution is -0.121. The van der Waals surface area contributed by atoms with Gasteiger partial charge in [0.15, 0.2) is 0 Å². The standard InChI is InChI=1S/C9H18F2N2O2/c1-7(9(10)11)12-4-3-8(14)13-5-6-15-2/h7,9,12H,3-6H2,1-2H3,(H,13,14). The number of carbonyl (C=O) groups is 1. The molecule has 1 amide bonds. The summed E-state index contributed by atoms with van der Waals surface area (Å²) in [6.45, 7) is 2.53. The number of halogens is 2. The van der Waals surface area contributed by atoms with E-state index in [2.05, 4.69) is 10.6 Å². The molecule has 0 aliphatic carbocycles. The highest BCUT2D eigenvalue weighted by molar-refractivity contribution is 5.76. The fraction of sp³-hybridized carbons (Fsp3) is 0.889. The van der Waals surface area contributed by atoms with Crippen LogP contribution in [0.3, 0.4) is 0 Å². The van der Waals surface area contributed by atoms with Crippen LogP contribution in [-0.4, -0.2) is 45.2 Å². The Kier molecular flexibility index (Phi) is 8.12. The second-order valence-corrected chi connectivity index (χ2v) is 3.17. The van der Waals surface area contributed by atoms with Gasteiger partial charge in [0.1, 0.15) is 0 Å². The fourth-order valence-electron chi connectivity index (χ4n) is 0.883. The van der Waals surface area contributed by atoms with Gasteiger partial charge in [-0.05, 0) is 6.92 Å². The van der Waals surface area contributed by atoms with E-state index in [1.807, 2.05) is 0 Å². The maximum atomic E-state index is 12.0. The zero-order valence-corrected chi connectivity index (χ0v) is 9.06. The smallest absolute Gasteiger partial charge is 0.253 e. The molecule has 0 aliphatic rings. The molecule has 6 heteroatoms. The van der Waals surface area contributed by atoms with Crippen molar-refractivity contribution in [1.82, 2.24) is 10.6 Å². The van der Waals surface area contributed by atoms with E-state index in [-0.39, 0.29) is 18.9 Å². The average Bonchev–Trinajstić information content (AvgIpc) is 2.18.